The van der Waals surface area contributed by atoms with Crippen LogP contribution in [0.5, 0.6) is 0 Å². The van der Waals surface area contributed by atoms with Gasteiger partial charge in [0.15, 0.2) is 0 Å². The van der Waals surface area contributed by atoms with Crippen LogP contribution in [-0.2, 0) is 6.42 Å². The third-order valence-corrected chi connectivity index (χ3v) is 5.00. The van der Waals surface area contributed by atoms with Crippen molar-refractivity contribution in [2.24, 2.45) is 0 Å². The van der Waals surface area contributed by atoms with Gasteiger partial charge in [-0.15, -0.1) is 0 Å². The molecule has 24 heavy (non-hydrogen) atoms. The quantitative estimate of drug-likeness (QED) is 0.564. The van der Waals surface area contributed by atoms with Crippen LogP contribution in [0.15, 0.2) is 53.0 Å². The smallest absolute Gasteiger partial charge is 0.319 e. The monoisotopic (exact) mass is 383 g/mol. The molecule has 0 saturated heterocycles. The molecular formula is C19H18BrN3O. The third kappa shape index (κ3) is 2.91. The zero-order valence-corrected chi connectivity index (χ0v) is 14.7. The first-order valence-corrected chi connectivity index (χ1v) is 8.92. The van der Waals surface area contributed by atoms with E-state index in [0.29, 0.717) is 0 Å². The van der Waals surface area contributed by atoms with Crippen molar-refractivity contribution in [2.75, 3.05) is 5.32 Å². The molecule has 1 aliphatic rings. The normalized spacial score (nSPS) is 16.6. The van der Waals surface area contributed by atoms with Gasteiger partial charge < -0.3 is 15.6 Å². The van der Waals surface area contributed by atoms with Crippen molar-refractivity contribution in [3.8, 4) is 0 Å². The summed E-state index contributed by atoms with van der Waals surface area (Å²) in [7, 11) is 0. The highest BCUT2D eigenvalue weighted by molar-refractivity contribution is 9.10. The van der Waals surface area contributed by atoms with Gasteiger partial charge in [0.2, 0.25) is 0 Å². The number of anilines is 1. The molecule has 1 atom stereocenters. The van der Waals surface area contributed by atoms with E-state index in [4.69, 9.17) is 0 Å². The largest absolute Gasteiger partial charge is 0.356 e. The molecular weight excluding hydrogens is 366 g/mol. The Morgan fingerprint density at radius 1 is 1.17 bits per heavy atom. The van der Waals surface area contributed by atoms with Crippen molar-refractivity contribution < 1.29 is 4.79 Å². The highest BCUT2D eigenvalue weighted by Crippen LogP contribution is 2.35. The van der Waals surface area contributed by atoms with Crippen LogP contribution in [-0.4, -0.2) is 11.0 Å². The van der Waals surface area contributed by atoms with Crippen LogP contribution in [0, 0.1) is 0 Å². The number of aromatic amines is 1. The molecule has 2 amide bonds. The highest BCUT2D eigenvalue weighted by Gasteiger charge is 2.25. The van der Waals surface area contributed by atoms with Crippen LogP contribution in [0.1, 0.15) is 30.1 Å². The van der Waals surface area contributed by atoms with Crippen molar-refractivity contribution >= 4 is 38.6 Å². The van der Waals surface area contributed by atoms with Gasteiger partial charge in [0.05, 0.1) is 6.04 Å². The van der Waals surface area contributed by atoms with Crippen molar-refractivity contribution in [1.29, 1.82) is 0 Å². The van der Waals surface area contributed by atoms with Crippen LogP contribution >= 0.6 is 15.9 Å². The molecule has 1 aromatic heterocycles. The topological polar surface area (TPSA) is 56.9 Å². The van der Waals surface area contributed by atoms with Crippen molar-refractivity contribution in [3.63, 3.8) is 0 Å². The third-order valence-electron chi connectivity index (χ3n) is 4.51. The molecule has 0 radical (unpaired) electrons. The van der Waals surface area contributed by atoms with E-state index < -0.39 is 0 Å². The summed E-state index contributed by atoms with van der Waals surface area (Å²) in [4.78, 5) is 15.8. The number of rotatable bonds is 2. The molecule has 0 fully saturated rings. The van der Waals surface area contributed by atoms with Gasteiger partial charge in [-0.2, -0.15) is 0 Å². The fraction of sp³-hybridized carbons (Fsp3) is 0.211. The minimum Gasteiger partial charge on any atom is -0.356 e. The summed E-state index contributed by atoms with van der Waals surface area (Å²) in [6.07, 6.45) is 3.07. The number of carbonyl (C=O) groups excluding carboxylic acids is 1. The standard InChI is InChI=1S/C19H18BrN3O/c20-12-9-10-16-15(11-12)14-7-4-8-17(18(14)22-16)23-19(24)21-13-5-2-1-3-6-13/h1-3,5-6,9-11,17,22H,4,7-8H2,(H2,21,23,24). The Balaban J connectivity index is 1.58. The van der Waals surface area contributed by atoms with E-state index >= 15 is 0 Å². The maximum absolute atomic E-state index is 12.3. The fourth-order valence-corrected chi connectivity index (χ4v) is 3.79. The Morgan fingerprint density at radius 2 is 2.00 bits per heavy atom. The van der Waals surface area contributed by atoms with E-state index in [1.807, 2.05) is 36.4 Å². The number of urea groups is 1. The molecule has 0 spiro atoms. The minimum absolute atomic E-state index is 0.0173. The number of H-pyrrole nitrogens is 1. The molecule has 0 bridgehead atoms. The number of hydrogen-bond donors (Lipinski definition) is 3. The summed E-state index contributed by atoms with van der Waals surface area (Å²) in [5, 5.41) is 7.24. The summed E-state index contributed by atoms with van der Waals surface area (Å²) in [5.41, 5.74) is 4.38. The fourth-order valence-electron chi connectivity index (χ4n) is 3.43. The van der Waals surface area contributed by atoms with Crippen LogP contribution < -0.4 is 10.6 Å². The van der Waals surface area contributed by atoms with E-state index in [2.05, 4.69) is 43.7 Å². The molecule has 122 valence electrons. The maximum atomic E-state index is 12.3. The number of carbonyl (C=O) groups is 1. The number of halogens is 1. The maximum Gasteiger partial charge on any atom is 0.319 e. The summed E-state index contributed by atoms with van der Waals surface area (Å²) in [6.45, 7) is 0. The van der Waals surface area contributed by atoms with Gasteiger partial charge in [-0.1, -0.05) is 34.1 Å². The second-order valence-electron chi connectivity index (χ2n) is 6.12. The number of amides is 2. The number of aryl methyl sites for hydroxylation is 1. The molecule has 1 unspecified atom stereocenters. The van der Waals surface area contributed by atoms with Crippen LogP contribution in [0.2, 0.25) is 0 Å². The lowest BCUT2D eigenvalue weighted by molar-refractivity contribution is 0.247. The van der Waals surface area contributed by atoms with Crippen LogP contribution in [0.3, 0.4) is 0 Å². The molecule has 3 aromatic rings. The molecule has 0 aliphatic heterocycles. The van der Waals surface area contributed by atoms with Crippen LogP contribution in [0.4, 0.5) is 10.5 Å². The lowest BCUT2D eigenvalue weighted by Gasteiger charge is -2.24. The molecule has 1 heterocycles. The molecule has 1 aliphatic carbocycles. The second-order valence-corrected chi connectivity index (χ2v) is 7.03. The minimum atomic E-state index is -0.168. The van der Waals surface area contributed by atoms with Crippen molar-refractivity contribution in [2.45, 2.75) is 25.3 Å². The SMILES string of the molecule is O=C(Nc1ccccc1)NC1CCCc2c1[nH]c1ccc(Br)cc21. The molecule has 5 heteroatoms. The predicted octanol–water partition coefficient (Wildman–Crippen LogP) is 5.13. The number of nitrogens with one attached hydrogen (secondary N) is 3. The van der Waals surface area contributed by atoms with Crippen molar-refractivity contribution in [1.82, 2.24) is 10.3 Å². The zero-order valence-electron chi connectivity index (χ0n) is 13.1. The summed E-state index contributed by atoms with van der Waals surface area (Å²) in [5.74, 6) is 0. The highest BCUT2D eigenvalue weighted by atomic mass is 79.9. The summed E-state index contributed by atoms with van der Waals surface area (Å²) < 4.78 is 1.08. The average molecular weight is 384 g/mol. The molecule has 3 N–H and O–H groups in total. The van der Waals surface area contributed by atoms with E-state index in [0.717, 1.165) is 40.6 Å². The molecule has 0 saturated carbocycles. The Kier molecular flexibility index (Phi) is 4.02. The first-order chi connectivity index (χ1) is 11.7. The van der Waals surface area contributed by atoms with Gasteiger partial charge in [0.25, 0.3) is 0 Å². The Labute approximate surface area is 148 Å². The van der Waals surface area contributed by atoms with Crippen molar-refractivity contribution in [3.05, 3.63) is 64.3 Å². The number of benzene rings is 2. The number of hydrogen-bond acceptors (Lipinski definition) is 1. The Hall–Kier alpha value is -2.27. The van der Waals surface area contributed by atoms with E-state index in [1.54, 1.807) is 0 Å². The van der Waals surface area contributed by atoms with Gasteiger partial charge in [0, 0.05) is 26.8 Å². The van der Waals surface area contributed by atoms with E-state index in [1.165, 1.54) is 10.9 Å². The lowest BCUT2D eigenvalue weighted by atomic mass is 9.92. The molecule has 4 rings (SSSR count). The average Bonchev–Trinajstić information content (AvgIpc) is 2.95. The first kappa shape index (κ1) is 15.3. The number of para-hydroxylation sites is 1. The van der Waals surface area contributed by atoms with Gasteiger partial charge in [-0.05, 0) is 55.2 Å². The van der Waals surface area contributed by atoms with Crippen LogP contribution in [0.25, 0.3) is 10.9 Å². The number of aromatic nitrogens is 1. The summed E-state index contributed by atoms with van der Waals surface area (Å²) >= 11 is 3.54. The Morgan fingerprint density at radius 3 is 2.83 bits per heavy atom. The van der Waals surface area contributed by atoms with E-state index in [-0.39, 0.29) is 12.1 Å². The lowest BCUT2D eigenvalue weighted by Crippen LogP contribution is -2.34. The predicted molar refractivity (Wildman–Crippen MR) is 100 cm³/mol. The zero-order chi connectivity index (χ0) is 16.5. The Bertz CT molecular complexity index is 888. The first-order valence-electron chi connectivity index (χ1n) is 8.13. The second kappa shape index (κ2) is 6.32. The van der Waals surface area contributed by atoms with E-state index in [9.17, 15) is 4.79 Å². The molecule has 2 aromatic carbocycles. The number of fused-ring (bicyclic) bond motifs is 3. The summed E-state index contributed by atoms with van der Waals surface area (Å²) in [6, 6.07) is 15.6. The van der Waals surface area contributed by atoms with Gasteiger partial charge >= 0.3 is 6.03 Å². The molecule has 4 nitrogen and oxygen atoms in total. The van der Waals surface area contributed by atoms with Gasteiger partial charge in [0.1, 0.15) is 0 Å². The van der Waals surface area contributed by atoms with Gasteiger partial charge in [-0.25, -0.2) is 4.79 Å². The van der Waals surface area contributed by atoms with Gasteiger partial charge in [-0.3, -0.25) is 0 Å².